The van der Waals surface area contributed by atoms with Crippen LogP contribution in [0.3, 0.4) is 0 Å². The number of unbranched alkanes of at least 4 members (excludes halogenated alkanes) is 17. The summed E-state index contributed by atoms with van der Waals surface area (Å²) in [7, 11) is 0. The minimum absolute atomic E-state index is 0.0765. The molecule has 0 spiro atoms. The lowest BCUT2D eigenvalue weighted by atomic mass is 10.1. The summed E-state index contributed by atoms with van der Waals surface area (Å²) < 4.78 is 10.6. The summed E-state index contributed by atoms with van der Waals surface area (Å²) in [6.45, 7) is 1.66. The minimum Gasteiger partial charge on any atom is -0.466 e. The molecule has 0 aromatic heterocycles. The van der Waals surface area contributed by atoms with Crippen molar-refractivity contribution < 1.29 is 29.3 Å². The van der Waals surface area contributed by atoms with Gasteiger partial charge in [-0.3, -0.25) is 9.59 Å². The Hall–Kier alpha value is -1.14. The number of carbonyl (C=O) groups excluding carboxylic acids is 2. The summed E-state index contributed by atoms with van der Waals surface area (Å²) in [5.74, 6) is -0.153. The van der Waals surface area contributed by atoms with E-state index in [1.807, 2.05) is 0 Å². The summed E-state index contributed by atoms with van der Waals surface area (Å²) >= 11 is 0. The molecule has 0 aliphatic rings. The fraction of sp³-hybridized carbons (Fsp3) is 0.929. The number of ether oxygens (including phenoxy) is 2. The van der Waals surface area contributed by atoms with Gasteiger partial charge in [-0.25, -0.2) is 0 Å². The van der Waals surface area contributed by atoms with Crippen LogP contribution in [0.5, 0.6) is 0 Å². The van der Waals surface area contributed by atoms with Crippen LogP contribution in [0.2, 0.25) is 0 Å². The molecule has 0 radical (unpaired) electrons. The Kier molecular flexibility index (Phi) is 27.2. The van der Waals surface area contributed by atoms with Gasteiger partial charge < -0.3 is 19.7 Å². The Morgan fingerprint density at radius 1 is 0.382 bits per heavy atom. The van der Waals surface area contributed by atoms with E-state index in [9.17, 15) is 9.59 Å². The van der Waals surface area contributed by atoms with E-state index in [1.54, 1.807) is 0 Å². The van der Waals surface area contributed by atoms with E-state index in [4.69, 9.17) is 19.7 Å². The molecular formula is C28H54O6. The lowest BCUT2D eigenvalue weighted by molar-refractivity contribution is -0.144. The summed E-state index contributed by atoms with van der Waals surface area (Å²) in [5.41, 5.74) is 0. The molecule has 0 saturated heterocycles. The third-order valence-electron chi connectivity index (χ3n) is 6.14. The first kappa shape index (κ1) is 32.9. The van der Waals surface area contributed by atoms with Crippen molar-refractivity contribution in [1.29, 1.82) is 0 Å². The van der Waals surface area contributed by atoms with Gasteiger partial charge in [0.25, 0.3) is 0 Å². The van der Waals surface area contributed by atoms with Crippen LogP contribution >= 0.6 is 0 Å². The molecule has 34 heavy (non-hydrogen) atoms. The maximum absolute atomic E-state index is 11.8. The molecule has 0 bridgehead atoms. The van der Waals surface area contributed by atoms with Crippen molar-refractivity contribution in [3.8, 4) is 0 Å². The number of rotatable bonds is 27. The van der Waals surface area contributed by atoms with Gasteiger partial charge in [-0.1, -0.05) is 89.9 Å². The van der Waals surface area contributed by atoms with E-state index < -0.39 is 0 Å². The molecule has 2 N–H and O–H groups in total. The fourth-order valence-corrected chi connectivity index (χ4v) is 3.96. The first-order valence-corrected chi connectivity index (χ1v) is 14.2. The molecule has 0 aromatic carbocycles. The second kappa shape index (κ2) is 28.1. The lowest BCUT2D eigenvalue weighted by Crippen LogP contribution is -2.06. The monoisotopic (exact) mass is 486 g/mol. The molecule has 6 nitrogen and oxygen atoms in total. The number of aliphatic hydroxyl groups excluding tert-OH is 2. The molecule has 6 heteroatoms. The standard InChI is InChI=1S/C28H54O6/c29-23-17-11-5-1-7-13-19-25-33-27(31)21-15-9-3-4-10-16-22-28(32)34-26-20-14-8-2-6-12-18-24-30/h29-30H,1-26H2. The normalized spacial score (nSPS) is 11.0. The predicted molar refractivity (Wildman–Crippen MR) is 138 cm³/mol. The Balaban J connectivity index is 3.25. The molecule has 0 aliphatic carbocycles. The zero-order valence-electron chi connectivity index (χ0n) is 21.9. The van der Waals surface area contributed by atoms with E-state index in [0.29, 0.717) is 39.3 Å². The SMILES string of the molecule is O=C(CCCCCCCCC(=O)OCCCCCCCCCO)OCCCCCCCCCO. The zero-order chi connectivity index (χ0) is 25.0. The highest BCUT2D eigenvalue weighted by Crippen LogP contribution is 2.11. The van der Waals surface area contributed by atoms with Crippen molar-refractivity contribution in [2.24, 2.45) is 0 Å². The van der Waals surface area contributed by atoms with Crippen molar-refractivity contribution in [3.63, 3.8) is 0 Å². The molecule has 0 unspecified atom stereocenters. The Bertz CT molecular complexity index is 401. The van der Waals surface area contributed by atoms with Gasteiger partial charge >= 0.3 is 11.9 Å². The van der Waals surface area contributed by atoms with Gasteiger partial charge in [-0.15, -0.1) is 0 Å². The van der Waals surface area contributed by atoms with Gasteiger partial charge in [0.1, 0.15) is 0 Å². The van der Waals surface area contributed by atoms with Gasteiger partial charge in [0.05, 0.1) is 13.2 Å². The third kappa shape index (κ3) is 27.1. The summed E-state index contributed by atoms with van der Waals surface area (Å²) in [6.07, 6.45) is 22.3. The first-order valence-electron chi connectivity index (χ1n) is 14.2. The number of aliphatic hydroxyl groups is 2. The van der Waals surface area contributed by atoms with Gasteiger partial charge in [0.2, 0.25) is 0 Å². The topological polar surface area (TPSA) is 93.1 Å². The highest BCUT2D eigenvalue weighted by atomic mass is 16.5. The molecule has 0 heterocycles. The average Bonchev–Trinajstić information content (AvgIpc) is 2.83. The Morgan fingerprint density at radius 2 is 0.647 bits per heavy atom. The van der Waals surface area contributed by atoms with Gasteiger partial charge in [0, 0.05) is 26.1 Å². The fourth-order valence-electron chi connectivity index (χ4n) is 3.96. The second-order valence-electron chi connectivity index (χ2n) is 9.46. The zero-order valence-corrected chi connectivity index (χ0v) is 21.9. The van der Waals surface area contributed by atoms with Crippen LogP contribution in [0.15, 0.2) is 0 Å². The van der Waals surface area contributed by atoms with Crippen molar-refractivity contribution in [3.05, 3.63) is 0 Å². The molecule has 0 atom stereocenters. The Labute approximate surface area is 209 Å². The van der Waals surface area contributed by atoms with Crippen molar-refractivity contribution >= 4 is 11.9 Å². The first-order chi connectivity index (χ1) is 16.7. The highest BCUT2D eigenvalue weighted by Gasteiger charge is 2.04. The molecule has 202 valence electrons. The molecule has 0 saturated carbocycles. The maximum atomic E-state index is 11.8. The van der Waals surface area contributed by atoms with Crippen LogP contribution in [0.4, 0.5) is 0 Å². The quantitative estimate of drug-likeness (QED) is 0.0998. The lowest BCUT2D eigenvalue weighted by Gasteiger charge is -2.06. The molecule has 0 aliphatic heterocycles. The van der Waals surface area contributed by atoms with Crippen molar-refractivity contribution in [2.75, 3.05) is 26.4 Å². The Morgan fingerprint density at radius 3 is 0.971 bits per heavy atom. The van der Waals surface area contributed by atoms with Crippen LogP contribution in [0, 0.1) is 0 Å². The third-order valence-corrected chi connectivity index (χ3v) is 6.14. The van der Waals surface area contributed by atoms with Gasteiger partial charge in [0.15, 0.2) is 0 Å². The van der Waals surface area contributed by atoms with E-state index in [2.05, 4.69) is 0 Å². The smallest absolute Gasteiger partial charge is 0.305 e. The largest absolute Gasteiger partial charge is 0.466 e. The molecule has 0 fully saturated rings. The minimum atomic E-state index is -0.0765. The van der Waals surface area contributed by atoms with Crippen LogP contribution in [0.25, 0.3) is 0 Å². The van der Waals surface area contributed by atoms with E-state index >= 15 is 0 Å². The van der Waals surface area contributed by atoms with E-state index in [1.165, 1.54) is 38.5 Å². The van der Waals surface area contributed by atoms with Crippen LogP contribution in [0.1, 0.15) is 141 Å². The van der Waals surface area contributed by atoms with E-state index in [0.717, 1.165) is 89.9 Å². The van der Waals surface area contributed by atoms with Crippen LogP contribution < -0.4 is 0 Å². The van der Waals surface area contributed by atoms with Crippen LogP contribution in [-0.2, 0) is 19.1 Å². The molecule has 0 amide bonds. The molecule has 0 rings (SSSR count). The highest BCUT2D eigenvalue weighted by molar-refractivity contribution is 5.69. The summed E-state index contributed by atoms with van der Waals surface area (Å²) in [5, 5.41) is 17.5. The van der Waals surface area contributed by atoms with Crippen LogP contribution in [-0.4, -0.2) is 48.6 Å². The maximum Gasteiger partial charge on any atom is 0.305 e. The van der Waals surface area contributed by atoms with E-state index in [-0.39, 0.29) is 11.9 Å². The summed E-state index contributed by atoms with van der Waals surface area (Å²) in [4.78, 5) is 23.5. The van der Waals surface area contributed by atoms with Gasteiger partial charge in [-0.05, 0) is 38.5 Å². The van der Waals surface area contributed by atoms with Gasteiger partial charge in [-0.2, -0.15) is 0 Å². The predicted octanol–water partition coefficient (Wildman–Crippen LogP) is 6.64. The van der Waals surface area contributed by atoms with Crippen molar-refractivity contribution in [1.82, 2.24) is 0 Å². The number of esters is 2. The number of hydrogen-bond acceptors (Lipinski definition) is 6. The van der Waals surface area contributed by atoms with Crippen molar-refractivity contribution in [2.45, 2.75) is 141 Å². The average molecular weight is 487 g/mol. The summed E-state index contributed by atoms with van der Waals surface area (Å²) in [6, 6.07) is 0. The molecule has 0 aromatic rings. The number of hydrogen-bond donors (Lipinski definition) is 2. The number of carbonyl (C=O) groups is 2. The molecular weight excluding hydrogens is 432 g/mol. The second-order valence-corrected chi connectivity index (χ2v) is 9.46.